The van der Waals surface area contributed by atoms with Crippen molar-refractivity contribution in [2.45, 2.75) is 58.0 Å². The zero-order valence-corrected chi connectivity index (χ0v) is 15.1. The second-order valence-electron chi connectivity index (χ2n) is 7.25. The van der Waals surface area contributed by atoms with Gasteiger partial charge in [-0.05, 0) is 18.9 Å². The van der Waals surface area contributed by atoms with E-state index in [9.17, 15) is 25.0 Å². The number of nitrogens with zero attached hydrogens (tertiary/aromatic N) is 1. The van der Waals surface area contributed by atoms with Crippen LogP contribution in [0.3, 0.4) is 0 Å². The van der Waals surface area contributed by atoms with Gasteiger partial charge in [-0.15, -0.1) is 0 Å². The van der Waals surface area contributed by atoms with Crippen LogP contribution in [0, 0.1) is 11.1 Å². The molecule has 0 radical (unpaired) electrons. The fourth-order valence-electron chi connectivity index (χ4n) is 3.72. The van der Waals surface area contributed by atoms with Gasteiger partial charge in [-0.1, -0.05) is 13.8 Å². The molecule has 1 saturated heterocycles. The predicted octanol–water partition coefficient (Wildman–Crippen LogP) is 0.256. The Hall–Kier alpha value is -1.48. The maximum Gasteiger partial charge on any atom is 0.341 e. The maximum absolute atomic E-state index is 12.8. The fourth-order valence-corrected chi connectivity index (χ4v) is 3.72. The Bertz CT molecular complexity index is 563. The van der Waals surface area contributed by atoms with Crippen LogP contribution in [0.1, 0.15) is 34.1 Å². The average molecular weight is 357 g/mol. The molecule has 0 aromatic rings. The minimum atomic E-state index is -2.02. The fraction of sp³-hybridized carbons (Fsp3) is 0.765. The summed E-state index contributed by atoms with van der Waals surface area (Å²) in [6, 6.07) is -0.588. The molecule has 8 nitrogen and oxygen atoms in total. The molecule has 2 aliphatic rings. The third-order valence-electron chi connectivity index (χ3n) is 5.23. The van der Waals surface area contributed by atoms with Gasteiger partial charge in [0.1, 0.15) is 6.61 Å². The van der Waals surface area contributed by atoms with Gasteiger partial charge >= 0.3 is 11.9 Å². The number of carbonyl (C=O) groups is 2. The first-order valence-corrected chi connectivity index (χ1v) is 8.54. The summed E-state index contributed by atoms with van der Waals surface area (Å²) in [5, 5.41) is 33.0. The summed E-state index contributed by atoms with van der Waals surface area (Å²) in [5.41, 5.74) is -1.43. The second kappa shape index (κ2) is 7.03. The molecule has 25 heavy (non-hydrogen) atoms. The molecule has 142 valence electrons. The van der Waals surface area contributed by atoms with E-state index >= 15 is 0 Å². The van der Waals surface area contributed by atoms with Crippen molar-refractivity contribution in [2.24, 2.45) is 5.92 Å². The van der Waals surface area contributed by atoms with Gasteiger partial charge in [0.2, 0.25) is 0 Å². The van der Waals surface area contributed by atoms with E-state index in [4.69, 9.17) is 9.47 Å². The lowest BCUT2D eigenvalue weighted by atomic mass is 9.85. The molecular weight excluding hydrogens is 330 g/mol. The number of hydroxylamine groups is 3. The standard InChI is InChI=1S/C17H27NO7/c1-10(2)17(22,11(3)19)16(21)24-9-13-5-7-18(23)8-6-14(15(13)18)25-12(4)20/h5,10-11,14-15,19,22H,6-9H2,1-4H3/t11-,14+,15+,17?,18?/m0/s1. The van der Waals surface area contributed by atoms with Crippen LogP contribution in [0.25, 0.3) is 0 Å². The van der Waals surface area contributed by atoms with E-state index in [0.717, 1.165) is 0 Å². The van der Waals surface area contributed by atoms with Gasteiger partial charge in [0.15, 0.2) is 17.7 Å². The SMILES string of the molecule is CC(=O)O[C@@H]1CC[N+]2([O-])CC=C(COC(=O)C(O)(C(C)C)[C@H](C)O)[C@H]12. The Morgan fingerprint density at radius 2 is 2.08 bits per heavy atom. The highest BCUT2D eigenvalue weighted by molar-refractivity contribution is 5.80. The molecule has 0 aliphatic carbocycles. The van der Waals surface area contributed by atoms with Crippen LogP contribution in [0.5, 0.6) is 0 Å². The Morgan fingerprint density at radius 1 is 1.44 bits per heavy atom. The Labute approximate surface area is 147 Å². The van der Waals surface area contributed by atoms with Gasteiger partial charge in [-0.25, -0.2) is 4.79 Å². The van der Waals surface area contributed by atoms with Crippen molar-refractivity contribution >= 4 is 11.9 Å². The van der Waals surface area contributed by atoms with Gasteiger partial charge in [-0.3, -0.25) is 4.79 Å². The topological polar surface area (TPSA) is 116 Å². The number of fused-ring (bicyclic) bond motifs is 1. The Kier molecular flexibility index (Phi) is 5.58. The van der Waals surface area contributed by atoms with Gasteiger partial charge in [0, 0.05) is 18.9 Å². The van der Waals surface area contributed by atoms with E-state index in [1.807, 2.05) is 0 Å². The summed E-state index contributed by atoms with van der Waals surface area (Å²) in [6.45, 7) is 6.22. The highest BCUT2D eigenvalue weighted by Gasteiger charge is 2.51. The molecule has 0 aromatic carbocycles. The van der Waals surface area contributed by atoms with Crippen molar-refractivity contribution in [1.82, 2.24) is 0 Å². The van der Waals surface area contributed by atoms with Crippen molar-refractivity contribution in [2.75, 3.05) is 19.7 Å². The van der Waals surface area contributed by atoms with E-state index in [1.54, 1.807) is 19.9 Å². The molecule has 8 heteroatoms. The summed E-state index contributed by atoms with van der Waals surface area (Å²) < 4.78 is 9.94. The molecule has 1 fully saturated rings. The summed E-state index contributed by atoms with van der Waals surface area (Å²) >= 11 is 0. The molecule has 0 amide bonds. The summed E-state index contributed by atoms with van der Waals surface area (Å²) in [5.74, 6) is -1.94. The number of rotatable bonds is 6. The first-order valence-electron chi connectivity index (χ1n) is 8.54. The lowest BCUT2D eigenvalue weighted by Crippen LogP contribution is -2.53. The van der Waals surface area contributed by atoms with Gasteiger partial charge in [-0.2, -0.15) is 0 Å². The number of aliphatic hydroxyl groups is 2. The first kappa shape index (κ1) is 19.8. The average Bonchev–Trinajstić information content (AvgIpc) is 2.99. The van der Waals surface area contributed by atoms with Crippen LogP contribution in [0.2, 0.25) is 0 Å². The predicted molar refractivity (Wildman–Crippen MR) is 87.8 cm³/mol. The first-order chi connectivity index (χ1) is 11.5. The van der Waals surface area contributed by atoms with Crippen LogP contribution >= 0.6 is 0 Å². The number of hydrogen-bond donors (Lipinski definition) is 2. The smallest absolute Gasteiger partial charge is 0.341 e. The van der Waals surface area contributed by atoms with Crippen molar-refractivity contribution in [3.05, 3.63) is 16.9 Å². The normalized spacial score (nSPS) is 31.9. The van der Waals surface area contributed by atoms with Crippen molar-refractivity contribution in [3.63, 3.8) is 0 Å². The zero-order chi connectivity index (χ0) is 19.0. The number of esters is 2. The van der Waals surface area contributed by atoms with E-state index in [2.05, 4.69) is 0 Å². The second-order valence-corrected chi connectivity index (χ2v) is 7.25. The molecular formula is C17H27NO7. The highest BCUT2D eigenvalue weighted by atomic mass is 16.6. The molecule has 2 N–H and O–H groups in total. The highest BCUT2D eigenvalue weighted by Crippen LogP contribution is 2.38. The summed E-state index contributed by atoms with van der Waals surface area (Å²) in [4.78, 5) is 23.6. The van der Waals surface area contributed by atoms with Gasteiger partial charge < -0.3 is 29.5 Å². The number of aliphatic hydroxyl groups excluding tert-OH is 1. The van der Waals surface area contributed by atoms with Crippen LogP contribution < -0.4 is 0 Å². The van der Waals surface area contributed by atoms with Gasteiger partial charge in [0.25, 0.3) is 0 Å². The van der Waals surface area contributed by atoms with Crippen LogP contribution in [0.4, 0.5) is 0 Å². The van der Waals surface area contributed by atoms with Crippen LogP contribution in [0.15, 0.2) is 11.6 Å². The monoisotopic (exact) mass is 357 g/mol. The quantitative estimate of drug-likeness (QED) is 0.303. The van der Waals surface area contributed by atoms with E-state index < -0.39 is 46.4 Å². The number of hydrogen-bond acceptors (Lipinski definition) is 7. The third kappa shape index (κ3) is 3.57. The Balaban J connectivity index is 2.08. The maximum atomic E-state index is 12.8. The molecule has 2 unspecified atom stereocenters. The molecule has 2 aliphatic heterocycles. The molecule has 0 spiro atoms. The van der Waals surface area contributed by atoms with E-state index in [-0.39, 0.29) is 13.2 Å². The summed E-state index contributed by atoms with van der Waals surface area (Å²) in [7, 11) is 0. The molecule has 2 heterocycles. The molecule has 2 rings (SSSR count). The number of carbonyl (C=O) groups excluding carboxylic acids is 2. The summed E-state index contributed by atoms with van der Waals surface area (Å²) in [6.07, 6.45) is 0.329. The zero-order valence-electron chi connectivity index (χ0n) is 15.1. The van der Waals surface area contributed by atoms with Crippen molar-refractivity contribution in [3.8, 4) is 0 Å². The molecule has 0 saturated carbocycles. The molecule has 0 bridgehead atoms. The third-order valence-corrected chi connectivity index (χ3v) is 5.23. The van der Waals surface area contributed by atoms with Crippen molar-refractivity contribution in [1.29, 1.82) is 0 Å². The minimum absolute atomic E-state index is 0.175. The largest absolute Gasteiger partial charge is 0.632 e. The molecule has 0 aromatic heterocycles. The lowest BCUT2D eigenvalue weighted by Gasteiger charge is -2.40. The van der Waals surface area contributed by atoms with Crippen LogP contribution in [-0.2, 0) is 19.1 Å². The molecule has 5 atom stereocenters. The van der Waals surface area contributed by atoms with Gasteiger partial charge in [0.05, 0.1) is 19.2 Å². The number of ether oxygens (including phenoxy) is 2. The van der Waals surface area contributed by atoms with E-state index in [0.29, 0.717) is 18.5 Å². The lowest BCUT2D eigenvalue weighted by molar-refractivity contribution is -0.877. The van der Waals surface area contributed by atoms with Crippen LogP contribution in [-0.4, -0.2) is 70.3 Å². The van der Waals surface area contributed by atoms with E-state index in [1.165, 1.54) is 13.8 Å². The Morgan fingerprint density at radius 3 is 2.60 bits per heavy atom. The van der Waals surface area contributed by atoms with Crippen molar-refractivity contribution < 1.29 is 33.9 Å². The minimum Gasteiger partial charge on any atom is -0.632 e. The number of quaternary nitrogens is 1.